The number of nitrogens with one attached hydrogen (secondary N) is 1. The molecule has 4 heteroatoms. The summed E-state index contributed by atoms with van der Waals surface area (Å²) in [4.78, 5) is 2.72. The molecule has 0 aliphatic carbocycles. The van der Waals surface area contributed by atoms with Crippen molar-refractivity contribution in [2.75, 3.05) is 26.2 Å². The van der Waals surface area contributed by atoms with E-state index in [1.807, 2.05) is 0 Å². The molecule has 0 spiro atoms. The molecule has 2 heterocycles. The summed E-state index contributed by atoms with van der Waals surface area (Å²) in [6, 6.07) is 0.846. The van der Waals surface area contributed by atoms with Gasteiger partial charge in [0.2, 0.25) is 0 Å². The molecule has 0 aromatic carbocycles. The monoisotopic (exact) mass is 268 g/mol. The average Bonchev–Trinajstić information content (AvgIpc) is 2.23. The van der Waals surface area contributed by atoms with Gasteiger partial charge in [-0.2, -0.15) is 0 Å². The predicted molar refractivity (Wildman–Crippen MR) is 75.0 cm³/mol. The largest absolute Gasteiger partial charge is 0.317 e. The second-order valence-electron chi connectivity index (χ2n) is 5.03. The van der Waals surface area contributed by atoms with Crippen molar-refractivity contribution in [2.24, 2.45) is 5.92 Å². The highest BCUT2D eigenvalue weighted by atomic mass is 35.5. The Kier molecular flexibility index (Phi) is 8.84. The summed E-state index contributed by atoms with van der Waals surface area (Å²) < 4.78 is 0. The predicted octanol–water partition coefficient (Wildman–Crippen LogP) is 2.70. The Labute approximate surface area is 112 Å². The van der Waals surface area contributed by atoms with Crippen molar-refractivity contribution in [3.63, 3.8) is 0 Å². The van der Waals surface area contributed by atoms with Crippen LogP contribution in [0.25, 0.3) is 0 Å². The van der Waals surface area contributed by atoms with E-state index in [9.17, 15) is 0 Å². The molecule has 0 radical (unpaired) electrons. The third-order valence-electron chi connectivity index (χ3n) is 3.89. The van der Waals surface area contributed by atoms with Crippen molar-refractivity contribution in [1.29, 1.82) is 0 Å². The normalized spacial score (nSPS) is 27.9. The molecule has 0 amide bonds. The minimum atomic E-state index is 0. The smallest absolute Gasteiger partial charge is 0.00670 e. The maximum Gasteiger partial charge on any atom is 0.00670 e. The molecular formula is C12H26Cl2N2. The van der Waals surface area contributed by atoms with Crippen molar-refractivity contribution < 1.29 is 0 Å². The van der Waals surface area contributed by atoms with Gasteiger partial charge in [-0.3, -0.25) is 0 Å². The van der Waals surface area contributed by atoms with E-state index in [4.69, 9.17) is 0 Å². The Bertz CT molecular complexity index is 172. The highest BCUT2D eigenvalue weighted by Gasteiger charge is 2.22. The van der Waals surface area contributed by atoms with Gasteiger partial charge in [0.15, 0.2) is 0 Å². The molecule has 0 saturated carbocycles. The van der Waals surface area contributed by atoms with Crippen molar-refractivity contribution in [3.8, 4) is 0 Å². The topological polar surface area (TPSA) is 15.3 Å². The number of rotatable bonds is 2. The van der Waals surface area contributed by atoms with Crippen LogP contribution in [0.4, 0.5) is 0 Å². The zero-order valence-corrected chi connectivity index (χ0v) is 11.9. The molecule has 16 heavy (non-hydrogen) atoms. The molecule has 1 atom stereocenters. The molecule has 0 aromatic rings. The van der Waals surface area contributed by atoms with Crippen LogP contribution >= 0.6 is 24.8 Å². The minimum absolute atomic E-state index is 0. The number of likely N-dealkylation sites (tertiary alicyclic amines) is 1. The van der Waals surface area contributed by atoms with E-state index in [1.165, 1.54) is 58.3 Å². The van der Waals surface area contributed by atoms with E-state index in [-0.39, 0.29) is 24.8 Å². The third kappa shape index (κ3) is 4.79. The lowest BCUT2D eigenvalue weighted by Gasteiger charge is -2.37. The van der Waals surface area contributed by atoms with Crippen molar-refractivity contribution >= 4 is 24.8 Å². The molecule has 2 aliphatic heterocycles. The molecule has 2 rings (SSSR count). The Morgan fingerprint density at radius 2 is 1.75 bits per heavy atom. The fourth-order valence-corrected chi connectivity index (χ4v) is 2.82. The van der Waals surface area contributed by atoms with E-state index >= 15 is 0 Å². The number of piperidine rings is 2. The molecule has 2 saturated heterocycles. The summed E-state index contributed by atoms with van der Waals surface area (Å²) in [5.41, 5.74) is 0. The first-order chi connectivity index (χ1) is 6.86. The highest BCUT2D eigenvalue weighted by Crippen LogP contribution is 2.20. The number of nitrogens with zero attached hydrogens (tertiary/aromatic N) is 1. The van der Waals surface area contributed by atoms with Crippen LogP contribution in [0.3, 0.4) is 0 Å². The van der Waals surface area contributed by atoms with Gasteiger partial charge in [0.05, 0.1) is 0 Å². The van der Waals surface area contributed by atoms with Gasteiger partial charge in [-0.1, -0.05) is 6.42 Å². The molecule has 0 aromatic heterocycles. The highest BCUT2D eigenvalue weighted by molar-refractivity contribution is 5.85. The van der Waals surface area contributed by atoms with E-state index < -0.39 is 0 Å². The average molecular weight is 269 g/mol. The van der Waals surface area contributed by atoms with Crippen molar-refractivity contribution in [2.45, 2.75) is 45.1 Å². The quantitative estimate of drug-likeness (QED) is 0.829. The Morgan fingerprint density at radius 1 is 1.06 bits per heavy atom. The van der Waals surface area contributed by atoms with Crippen LogP contribution < -0.4 is 5.32 Å². The van der Waals surface area contributed by atoms with Gasteiger partial charge in [-0.15, -0.1) is 24.8 Å². The van der Waals surface area contributed by atoms with Crippen LogP contribution in [0.15, 0.2) is 0 Å². The van der Waals surface area contributed by atoms with Gasteiger partial charge in [0, 0.05) is 12.6 Å². The number of hydrogen-bond donors (Lipinski definition) is 1. The first-order valence-corrected chi connectivity index (χ1v) is 6.31. The fourth-order valence-electron chi connectivity index (χ4n) is 2.82. The van der Waals surface area contributed by atoms with E-state index in [2.05, 4.69) is 17.1 Å². The van der Waals surface area contributed by atoms with Gasteiger partial charge in [0.1, 0.15) is 0 Å². The van der Waals surface area contributed by atoms with Crippen LogP contribution in [0, 0.1) is 5.92 Å². The van der Waals surface area contributed by atoms with Gasteiger partial charge < -0.3 is 10.2 Å². The molecular weight excluding hydrogens is 243 g/mol. The lowest BCUT2D eigenvalue weighted by molar-refractivity contribution is 0.125. The second-order valence-corrected chi connectivity index (χ2v) is 5.03. The molecule has 98 valence electrons. The zero-order chi connectivity index (χ0) is 9.80. The van der Waals surface area contributed by atoms with E-state index in [0.29, 0.717) is 0 Å². The van der Waals surface area contributed by atoms with Crippen molar-refractivity contribution in [3.05, 3.63) is 0 Å². The Balaban J connectivity index is 0.00000112. The van der Waals surface area contributed by atoms with Crippen LogP contribution in [-0.4, -0.2) is 37.1 Å². The lowest BCUT2D eigenvalue weighted by atomic mass is 9.95. The van der Waals surface area contributed by atoms with E-state index in [0.717, 1.165) is 12.0 Å². The summed E-state index contributed by atoms with van der Waals surface area (Å²) >= 11 is 0. The summed E-state index contributed by atoms with van der Waals surface area (Å²) in [7, 11) is 0. The summed E-state index contributed by atoms with van der Waals surface area (Å²) in [6.45, 7) is 7.61. The number of hydrogen-bond acceptors (Lipinski definition) is 2. The summed E-state index contributed by atoms with van der Waals surface area (Å²) in [6.07, 6.45) is 7.08. The maximum atomic E-state index is 3.44. The number of halogens is 2. The first kappa shape index (κ1) is 16.5. The molecule has 2 nitrogen and oxygen atoms in total. The molecule has 1 N–H and O–H groups in total. The molecule has 0 bridgehead atoms. The second kappa shape index (κ2) is 8.57. The van der Waals surface area contributed by atoms with Crippen LogP contribution in [-0.2, 0) is 0 Å². The first-order valence-electron chi connectivity index (χ1n) is 6.31. The van der Waals surface area contributed by atoms with Gasteiger partial charge in [-0.25, -0.2) is 0 Å². The van der Waals surface area contributed by atoms with Crippen LogP contribution in [0.2, 0.25) is 0 Å². The van der Waals surface area contributed by atoms with Crippen LogP contribution in [0.1, 0.15) is 39.0 Å². The van der Waals surface area contributed by atoms with Gasteiger partial charge in [-0.05, 0) is 58.2 Å². The van der Waals surface area contributed by atoms with Crippen molar-refractivity contribution in [1.82, 2.24) is 10.2 Å². The molecule has 2 aliphatic rings. The third-order valence-corrected chi connectivity index (χ3v) is 3.89. The lowest BCUT2D eigenvalue weighted by Crippen LogP contribution is -2.42. The Morgan fingerprint density at radius 3 is 2.38 bits per heavy atom. The summed E-state index contributed by atoms with van der Waals surface area (Å²) in [5, 5.41) is 3.44. The SMILES string of the molecule is CC1CCCCN1CC1CCNCC1.Cl.Cl. The zero-order valence-electron chi connectivity index (χ0n) is 10.3. The summed E-state index contributed by atoms with van der Waals surface area (Å²) in [5.74, 6) is 0.969. The fraction of sp³-hybridized carbons (Fsp3) is 1.00. The van der Waals surface area contributed by atoms with E-state index in [1.54, 1.807) is 0 Å². The van der Waals surface area contributed by atoms with Gasteiger partial charge in [0.25, 0.3) is 0 Å². The van der Waals surface area contributed by atoms with Gasteiger partial charge >= 0.3 is 0 Å². The standard InChI is InChI=1S/C12H24N2.2ClH/c1-11-4-2-3-9-14(11)10-12-5-7-13-8-6-12;;/h11-13H,2-10H2,1H3;2*1H. The molecule has 1 unspecified atom stereocenters. The minimum Gasteiger partial charge on any atom is -0.317 e. The maximum absolute atomic E-state index is 3.44. The Hall–Kier alpha value is 0.500. The molecule has 2 fully saturated rings. The van der Waals surface area contributed by atoms with Crippen LogP contribution in [0.5, 0.6) is 0 Å².